The summed E-state index contributed by atoms with van der Waals surface area (Å²) in [6, 6.07) is 1.57. The van der Waals surface area contributed by atoms with Gasteiger partial charge in [0.1, 0.15) is 0 Å². The number of rotatable bonds is 2. The van der Waals surface area contributed by atoms with Gasteiger partial charge in [-0.1, -0.05) is 13.8 Å². The fourth-order valence-electron chi connectivity index (χ4n) is 1.84. The minimum atomic E-state index is -1.52. The minimum Gasteiger partial charge on any atom is -0.423 e. The number of hydrogen-bond acceptors (Lipinski definition) is 4. The molecule has 0 fully saturated rings. The van der Waals surface area contributed by atoms with Crippen molar-refractivity contribution in [1.82, 2.24) is 4.57 Å². The van der Waals surface area contributed by atoms with E-state index in [9.17, 15) is 14.8 Å². The molecule has 17 heavy (non-hydrogen) atoms. The van der Waals surface area contributed by atoms with Crippen LogP contribution in [0.25, 0.3) is 10.1 Å². The summed E-state index contributed by atoms with van der Waals surface area (Å²) in [4.78, 5) is 11.9. The number of aryl methyl sites for hydroxylation is 1. The highest BCUT2D eigenvalue weighted by Gasteiger charge is 2.19. The van der Waals surface area contributed by atoms with Crippen LogP contribution in [0, 0.1) is 0 Å². The zero-order valence-electron chi connectivity index (χ0n) is 9.97. The summed E-state index contributed by atoms with van der Waals surface area (Å²) in [6.45, 7) is 4.10. The molecule has 2 aromatic rings. The molecule has 0 atom stereocenters. The molecule has 0 aromatic carbocycles. The van der Waals surface area contributed by atoms with Gasteiger partial charge in [-0.2, -0.15) is 0 Å². The molecule has 0 radical (unpaired) electrons. The quantitative estimate of drug-likeness (QED) is 0.759. The molecule has 2 rings (SSSR count). The molecular formula is C11H14BNO3S. The van der Waals surface area contributed by atoms with E-state index in [1.165, 1.54) is 15.9 Å². The maximum atomic E-state index is 11.9. The van der Waals surface area contributed by atoms with Crippen LogP contribution in [0.4, 0.5) is 0 Å². The Balaban J connectivity index is 2.85. The highest BCUT2D eigenvalue weighted by molar-refractivity contribution is 7.28. The van der Waals surface area contributed by atoms with E-state index in [0.29, 0.717) is 10.2 Å². The Kier molecular flexibility index (Phi) is 3.12. The van der Waals surface area contributed by atoms with E-state index >= 15 is 0 Å². The van der Waals surface area contributed by atoms with Gasteiger partial charge in [-0.3, -0.25) is 4.79 Å². The molecule has 0 bridgehead atoms. The molecule has 0 unspecified atom stereocenters. The molecule has 0 aliphatic rings. The Labute approximate surface area is 103 Å². The maximum absolute atomic E-state index is 11.9. The lowest BCUT2D eigenvalue weighted by Gasteiger charge is -2.08. The van der Waals surface area contributed by atoms with Gasteiger partial charge in [0.25, 0.3) is 5.56 Å². The van der Waals surface area contributed by atoms with Gasteiger partial charge in [-0.05, 0) is 17.5 Å². The van der Waals surface area contributed by atoms with E-state index in [-0.39, 0.29) is 11.5 Å². The zero-order chi connectivity index (χ0) is 12.7. The van der Waals surface area contributed by atoms with Gasteiger partial charge >= 0.3 is 7.12 Å². The predicted octanol–water partition coefficient (Wildman–Crippen LogP) is 0.403. The molecule has 0 aliphatic carbocycles. The van der Waals surface area contributed by atoms with Crippen LogP contribution in [0.15, 0.2) is 17.1 Å². The first-order chi connectivity index (χ1) is 7.91. The van der Waals surface area contributed by atoms with E-state index in [1.54, 1.807) is 13.1 Å². The number of hydrogen-bond donors (Lipinski definition) is 2. The standard InChI is InChI=1S/C11H14BNO3S/c1-6(2)8-5-13(3)11(14)7-4-9(12(15)16)17-10(7)8/h4-6,15-16H,1-3H3. The lowest BCUT2D eigenvalue weighted by molar-refractivity contribution is 0.427. The van der Waals surface area contributed by atoms with Crippen LogP contribution >= 0.6 is 11.3 Å². The summed E-state index contributed by atoms with van der Waals surface area (Å²) in [7, 11) is 0.192. The van der Waals surface area contributed by atoms with Crippen molar-refractivity contribution >= 4 is 33.3 Å². The van der Waals surface area contributed by atoms with Crippen molar-refractivity contribution in [2.24, 2.45) is 7.05 Å². The SMILES string of the molecule is CC(C)c1cn(C)c(=O)c2cc(B(O)O)sc12. The molecule has 2 N–H and O–H groups in total. The van der Waals surface area contributed by atoms with E-state index in [1.807, 2.05) is 20.0 Å². The van der Waals surface area contributed by atoms with Gasteiger partial charge in [0.2, 0.25) is 0 Å². The summed E-state index contributed by atoms with van der Waals surface area (Å²) in [5, 5.41) is 18.9. The van der Waals surface area contributed by atoms with Crippen molar-refractivity contribution < 1.29 is 10.0 Å². The third-order valence-corrected chi connectivity index (χ3v) is 4.00. The summed E-state index contributed by atoms with van der Waals surface area (Å²) in [6.07, 6.45) is 1.82. The molecular weight excluding hydrogens is 237 g/mol. The van der Waals surface area contributed by atoms with Gasteiger partial charge in [-0.25, -0.2) is 0 Å². The zero-order valence-corrected chi connectivity index (χ0v) is 10.8. The Morgan fingerprint density at radius 2 is 2.06 bits per heavy atom. The minimum absolute atomic E-state index is 0.104. The smallest absolute Gasteiger partial charge is 0.423 e. The Hall–Kier alpha value is -1.11. The number of fused-ring (bicyclic) bond motifs is 1. The Bertz CT molecular complexity index is 615. The summed E-state index contributed by atoms with van der Waals surface area (Å²) < 4.78 is 2.80. The van der Waals surface area contributed by atoms with Crippen LogP contribution in [0.1, 0.15) is 25.3 Å². The average molecular weight is 251 g/mol. The normalized spacial score (nSPS) is 11.4. The fraction of sp³-hybridized carbons (Fsp3) is 0.364. The van der Waals surface area contributed by atoms with Gasteiger partial charge in [0, 0.05) is 22.7 Å². The van der Waals surface area contributed by atoms with E-state index < -0.39 is 7.12 Å². The van der Waals surface area contributed by atoms with Crippen LogP contribution in [-0.2, 0) is 7.05 Å². The first kappa shape index (κ1) is 12.4. The van der Waals surface area contributed by atoms with Crippen LogP contribution in [0.2, 0.25) is 0 Å². The van der Waals surface area contributed by atoms with Crippen molar-refractivity contribution in [1.29, 1.82) is 0 Å². The molecule has 0 amide bonds. The summed E-state index contributed by atoms with van der Waals surface area (Å²) >= 11 is 1.27. The molecule has 6 heteroatoms. The molecule has 90 valence electrons. The van der Waals surface area contributed by atoms with Crippen LogP contribution in [0.3, 0.4) is 0 Å². The number of aromatic nitrogens is 1. The molecule has 0 aliphatic heterocycles. The highest BCUT2D eigenvalue weighted by Crippen LogP contribution is 2.26. The van der Waals surface area contributed by atoms with Gasteiger partial charge < -0.3 is 14.6 Å². The largest absolute Gasteiger partial charge is 0.499 e. The molecule has 4 nitrogen and oxygen atoms in total. The van der Waals surface area contributed by atoms with Gasteiger partial charge in [0.15, 0.2) is 0 Å². The van der Waals surface area contributed by atoms with Gasteiger partial charge in [0.05, 0.1) is 5.39 Å². The highest BCUT2D eigenvalue weighted by atomic mass is 32.1. The van der Waals surface area contributed by atoms with Crippen LogP contribution < -0.4 is 10.3 Å². The second-order valence-corrected chi connectivity index (χ2v) is 5.50. The van der Waals surface area contributed by atoms with Crippen molar-refractivity contribution in [3.8, 4) is 0 Å². The van der Waals surface area contributed by atoms with E-state index in [4.69, 9.17) is 0 Å². The second kappa shape index (κ2) is 4.29. The Morgan fingerprint density at radius 1 is 1.41 bits per heavy atom. The third-order valence-electron chi connectivity index (χ3n) is 2.77. The molecule has 2 heterocycles. The first-order valence-corrected chi connectivity index (χ1v) is 6.22. The third kappa shape index (κ3) is 2.03. The van der Waals surface area contributed by atoms with Crippen LogP contribution in [0.5, 0.6) is 0 Å². The molecule has 2 aromatic heterocycles. The molecule has 0 saturated carbocycles. The van der Waals surface area contributed by atoms with Crippen molar-refractivity contribution in [2.75, 3.05) is 0 Å². The predicted molar refractivity (Wildman–Crippen MR) is 71.0 cm³/mol. The molecule has 0 saturated heterocycles. The topological polar surface area (TPSA) is 62.5 Å². The number of nitrogens with zero attached hydrogens (tertiary/aromatic N) is 1. The average Bonchev–Trinajstić information content (AvgIpc) is 2.67. The number of pyridine rings is 1. The fourth-order valence-corrected chi connectivity index (χ4v) is 3.02. The van der Waals surface area contributed by atoms with Crippen LogP contribution in [-0.4, -0.2) is 21.7 Å². The van der Waals surface area contributed by atoms with Gasteiger partial charge in [-0.15, -0.1) is 11.3 Å². The van der Waals surface area contributed by atoms with E-state index in [0.717, 1.165) is 10.3 Å². The lowest BCUT2D eigenvalue weighted by Crippen LogP contribution is -2.26. The number of thiophene rings is 1. The monoisotopic (exact) mass is 251 g/mol. The lowest BCUT2D eigenvalue weighted by atomic mass is 9.89. The molecule has 0 spiro atoms. The van der Waals surface area contributed by atoms with E-state index in [2.05, 4.69) is 0 Å². The summed E-state index contributed by atoms with van der Waals surface area (Å²) in [5.41, 5.74) is 0.951. The maximum Gasteiger partial charge on any atom is 0.499 e. The second-order valence-electron chi connectivity index (χ2n) is 4.42. The van der Waals surface area contributed by atoms with Crippen molar-refractivity contribution in [3.63, 3.8) is 0 Å². The summed E-state index contributed by atoms with van der Waals surface area (Å²) in [5.74, 6) is 0.284. The van der Waals surface area contributed by atoms with Crippen molar-refractivity contribution in [2.45, 2.75) is 19.8 Å². The van der Waals surface area contributed by atoms with Crippen molar-refractivity contribution in [3.05, 3.63) is 28.2 Å². The first-order valence-electron chi connectivity index (χ1n) is 5.41. The Morgan fingerprint density at radius 3 is 2.59 bits per heavy atom.